The zero-order valence-corrected chi connectivity index (χ0v) is 10.0. The molecule has 0 spiro atoms. The van der Waals surface area contributed by atoms with E-state index in [-0.39, 0.29) is 5.78 Å². The molecular weight excluding hydrogens is 220 g/mol. The zero-order chi connectivity index (χ0) is 12.5. The van der Waals surface area contributed by atoms with Crippen molar-refractivity contribution >= 4 is 5.78 Å². The number of carbonyl (C=O) groups is 1. The number of allylic oxidation sites excluding steroid dienone is 1. The maximum absolute atomic E-state index is 11.8. The average Bonchev–Trinajstić information content (AvgIpc) is 2.39. The van der Waals surface area contributed by atoms with Gasteiger partial charge in [0.2, 0.25) is 5.79 Å². The van der Waals surface area contributed by atoms with Gasteiger partial charge in [0.25, 0.3) is 0 Å². The molecule has 1 aliphatic rings. The predicted molar refractivity (Wildman–Crippen MR) is 62.2 cm³/mol. The third-order valence-corrected chi connectivity index (χ3v) is 2.92. The quantitative estimate of drug-likeness (QED) is 0.749. The topological polar surface area (TPSA) is 44.8 Å². The molecule has 0 radical (unpaired) electrons. The van der Waals surface area contributed by atoms with Crippen LogP contribution in [0.2, 0.25) is 0 Å². The number of methoxy groups -OCH3 is 3. The first-order valence-corrected chi connectivity index (χ1v) is 5.20. The van der Waals surface area contributed by atoms with Crippen LogP contribution in [0.4, 0.5) is 0 Å². The summed E-state index contributed by atoms with van der Waals surface area (Å²) in [5.41, 5.74) is 1.15. The first kappa shape index (κ1) is 11.8. The second-order valence-corrected chi connectivity index (χ2v) is 3.66. The van der Waals surface area contributed by atoms with E-state index in [4.69, 9.17) is 14.2 Å². The van der Waals surface area contributed by atoms with Gasteiger partial charge in [-0.2, -0.15) is 0 Å². The molecule has 4 heteroatoms. The summed E-state index contributed by atoms with van der Waals surface area (Å²) in [4.78, 5) is 11.8. The molecule has 2 rings (SSSR count). The summed E-state index contributed by atoms with van der Waals surface area (Å²) in [6.45, 7) is 0. The first-order chi connectivity index (χ1) is 8.18. The van der Waals surface area contributed by atoms with E-state index in [1.807, 2.05) is 0 Å². The third kappa shape index (κ3) is 1.66. The number of ketones is 1. The van der Waals surface area contributed by atoms with Gasteiger partial charge >= 0.3 is 0 Å². The largest absolute Gasteiger partial charge is 0.496 e. The van der Waals surface area contributed by atoms with Gasteiger partial charge < -0.3 is 14.2 Å². The van der Waals surface area contributed by atoms with E-state index >= 15 is 0 Å². The van der Waals surface area contributed by atoms with E-state index in [0.717, 1.165) is 0 Å². The highest BCUT2D eigenvalue weighted by Gasteiger charge is 2.39. The van der Waals surface area contributed by atoms with E-state index in [1.54, 1.807) is 31.4 Å². The lowest BCUT2D eigenvalue weighted by molar-refractivity contribution is -0.179. The van der Waals surface area contributed by atoms with Gasteiger partial charge in [-0.25, -0.2) is 0 Å². The fourth-order valence-corrected chi connectivity index (χ4v) is 2.05. The summed E-state index contributed by atoms with van der Waals surface area (Å²) in [6.07, 6.45) is 3.05. The second-order valence-electron chi connectivity index (χ2n) is 3.66. The van der Waals surface area contributed by atoms with Crippen LogP contribution in [0.1, 0.15) is 15.9 Å². The summed E-state index contributed by atoms with van der Waals surface area (Å²) in [5, 5.41) is 0. The van der Waals surface area contributed by atoms with Gasteiger partial charge in [0.15, 0.2) is 5.78 Å². The van der Waals surface area contributed by atoms with E-state index in [1.165, 1.54) is 20.3 Å². The standard InChI is InChI=1S/C13H14O4/c1-15-11-6-4-5-9-10(14)7-8-13(16-2,17-3)12(9)11/h4-8H,1-3H3. The highest BCUT2D eigenvalue weighted by atomic mass is 16.7. The minimum atomic E-state index is -1.06. The molecule has 0 aromatic heterocycles. The number of benzene rings is 1. The van der Waals surface area contributed by atoms with Crippen LogP contribution < -0.4 is 4.74 Å². The normalized spacial score (nSPS) is 16.8. The minimum Gasteiger partial charge on any atom is -0.496 e. The van der Waals surface area contributed by atoms with Gasteiger partial charge in [0.1, 0.15) is 5.75 Å². The van der Waals surface area contributed by atoms with Crippen molar-refractivity contribution < 1.29 is 19.0 Å². The summed E-state index contributed by atoms with van der Waals surface area (Å²) in [5.74, 6) is -0.567. The van der Waals surface area contributed by atoms with Crippen molar-refractivity contribution in [3.05, 3.63) is 41.5 Å². The van der Waals surface area contributed by atoms with Gasteiger partial charge in [0, 0.05) is 19.8 Å². The van der Waals surface area contributed by atoms with Crippen molar-refractivity contribution in [3.8, 4) is 5.75 Å². The van der Waals surface area contributed by atoms with Crippen LogP contribution >= 0.6 is 0 Å². The van der Waals surface area contributed by atoms with E-state index in [2.05, 4.69) is 0 Å². The molecule has 0 aliphatic heterocycles. The van der Waals surface area contributed by atoms with Crippen molar-refractivity contribution in [3.63, 3.8) is 0 Å². The van der Waals surface area contributed by atoms with Crippen molar-refractivity contribution in [1.82, 2.24) is 0 Å². The molecule has 1 aromatic rings. The third-order valence-electron chi connectivity index (χ3n) is 2.92. The lowest BCUT2D eigenvalue weighted by Gasteiger charge is -2.32. The van der Waals surface area contributed by atoms with Crippen LogP contribution in [-0.4, -0.2) is 27.1 Å². The molecule has 0 unspecified atom stereocenters. The van der Waals surface area contributed by atoms with Gasteiger partial charge in [-0.15, -0.1) is 0 Å². The Morgan fingerprint density at radius 2 is 1.82 bits per heavy atom. The predicted octanol–water partition coefficient (Wildman–Crippen LogP) is 1.89. The number of hydrogen-bond donors (Lipinski definition) is 0. The lowest BCUT2D eigenvalue weighted by Crippen LogP contribution is -2.33. The number of ether oxygens (including phenoxy) is 3. The average molecular weight is 234 g/mol. The van der Waals surface area contributed by atoms with Gasteiger partial charge in [-0.05, 0) is 18.2 Å². The van der Waals surface area contributed by atoms with E-state index in [9.17, 15) is 4.79 Å². The van der Waals surface area contributed by atoms with E-state index < -0.39 is 5.79 Å². The number of hydrogen-bond acceptors (Lipinski definition) is 4. The highest BCUT2D eigenvalue weighted by Crippen LogP contribution is 2.40. The lowest BCUT2D eigenvalue weighted by atomic mass is 9.90. The van der Waals surface area contributed by atoms with Crippen LogP contribution in [-0.2, 0) is 15.3 Å². The fraction of sp³-hybridized carbons (Fsp3) is 0.308. The Labute approximate surface area is 99.8 Å². The molecule has 90 valence electrons. The molecule has 0 bridgehead atoms. The molecule has 1 aromatic carbocycles. The Bertz CT molecular complexity index is 472. The Hall–Kier alpha value is -1.65. The van der Waals surface area contributed by atoms with Crippen molar-refractivity contribution in [2.24, 2.45) is 0 Å². The maximum Gasteiger partial charge on any atom is 0.219 e. The van der Waals surface area contributed by atoms with Crippen LogP contribution in [0.15, 0.2) is 30.4 Å². The molecule has 4 nitrogen and oxygen atoms in total. The molecule has 0 saturated carbocycles. The van der Waals surface area contributed by atoms with Gasteiger partial charge in [-0.3, -0.25) is 4.79 Å². The molecule has 1 aliphatic carbocycles. The van der Waals surface area contributed by atoms with Crippen molar-refractivity contribution in [1.29, 1.82) is 0 Å². The number of rotatable bonds is 3. The molecule has 0 N–H and O–H groups in total. The van der Waals surface area contributed by atoms with Crippen LogP contribution in [0.25, 0.3) is 0 Å². The SMILES string of the molecule is COc1cccc2c1C(OC)(OC)C=CC2=O. The molecular formula is C13H14O4. The summed E-state index contributed by atoms with van der Waals surface area (Å²) < 4.78 is 16.1. The molecule has 0 amide bonds. The van der Waals surface area contributed by atoms with Gasteiger partial charge in [-0.1, -0.05) is 12.1 Å². The van der Waals surface area contributed by atoms with Crippen molar-refractivity contribution in [2.75, 3.05) is 21.3 Å². The minimum absolute atomic E-state index is 0.0800. The Morgan fingerprint density at radius 1 is 1.12 bits per heavy atom. The Balaban J connectivity index is 2.72. The molecule has 0 saturated heterocycles. The maximum atomic E-state index is 11.8. The number of carbonyl (C=O) groups excluding carboxylic acids is 1. The summed E-state index contributed by atoms with van der Waals surface area (Å²) >= 11 is 0. The molecule has 0 atom stereocenters. The van der Waals surface area contributed by atoms with Crippen molar-refractivity contribution in [2.45, 2.75) is 5.79 Å². The fourth-order valence-electron chi connectivity index (χ4n) is 2.05. The zero-order valence-electron chi connectivity index (χ0n) is 10.0. The van der Waals surface area contributed by atoms with E-state index in [0.29, 0.717) is 16.9 Å². The summed E-state index contributed by atoms with van der Waals surface area (Å²) in [6, 6.07) is 5.28. The second kappa shape index (κ2) is 4.31. The molecule has 17 heavy (non-hydrogen) atoms. The summed E-state index contributed by atoms with van der Waals surface area (Å²) in [7, 11) is 4.61. The monoisotopic (exact) mass is 234 g/mol. The Kier molecular flexibility index (Phi) is 3.00. The van der Waals surface area contributed by atoms with Crippen LogP contribution in [0.5, 0.6) is 5.75 Å². The van der Waals surface area contributed by atoms with Gasteiger partial charge in [0.05, 0.1) is 12.7 Å². The van der Waals surface area contributed by atoms with Crippen LogP contribution in [0.3, 0.4) is 0 Å². The number of fused-ring (bicyclic) bond motifs is 1. The molecule has 0 heterocycles. The first-order valence-electron chi connectivity index (χ1n) is 5.20. The smallest absolute Gasteiger partial charge is 0.219 e. The van der Waals surface area contributed by atoms with Crippen LogP contribution in [0, 0.1) is 0 Å². The molecule has 0 fully saturated rings. The highest BCUT2D eigenvalue weighted by molar-refractivity contribution is 6.07. The Morgan fingerprint density at radius 3 is 2.41 bits per heavy atom.